The Kier molecular flexibility index (Phi) is 4.13. The van der Waals surface area contributed by atoms with Gasteiger partial charge in [0.15, 0.2) is 0 Å². The predicted octanol–water partition coefficient (Wildman–Crippen LogP) is 1.10. The topological polar surface area (TPSA) is 66.8 Å². The zero-order chi connectivity index (χ0) is 8.20. The van der Waals surface area contributed by atoms with Gasteiger partial charge < -0.3 is 9.79 Å². The van der Waals surface area contributed by atoms with E-state index >= 15 is 0 Å². The molecule has 2 N–H and O–H groups in total. The van der Waals surface area contributed by atoms with Crippen LogP contribution in [0.1, 0.15) is 19.8 Å². The van der Waals surface area contributed by atoms with E-state index in [2.05, 4.69) is 11.4 Å². The Hall–Kier alpha value is 0.110. The molecule has 0 aliphatic rings. The van der Waals surface area contributed by atoms with Gasteiger partial charge in [0.2, 0.25) is 0 Å². The summed E-state index contributed by atoms with van der Waals surface area (Å²) >= 11 is 0. The maximum Gasteiger partial charge on any atom is 0.469 e. The lowest BCUT2D eigenvalue weighted by atomic mass is 10.2. The molecule has 0 rings (SSSR count). The zero-order valence-corrected chi connectivity index (χ0v) is 6.75. The number of phosphoric ester groups is 1. The van der Waals surface area contributed by atoms with Gasteiger partial charge in [0.1, 0.15) is 0 Å². The highest BCUT2D eigenvalue weighted by atomic mass is 31.2. The fraction of sp³-hybridized carbons (Fsp3) is 0.800. The minimum atomic E-state index is -4.29. The molecular formula is C5H12O4P. The van der Waals surface area contributed by atoms with Crippen LogP contribution in [0.4, 0.5) is 0 Å². The Labute approximate surface area is 60.5 Å². The summed E-state index contributed by atoms with van der Waals surface area (Å²) < 4.78 is 14.5. The molecule has 1 unspecified atom stereocenters. The first-order valence-corrected chi connectivity index (χ1v) is 4.55. The van der Waals surface area contributed by atoms with Gasteiger partial charge in [0.25, 0.3) is 0 Å². The van der Waals surface area contributed by atoms with Crippen molar-refractivity contribution in [2.24, 2.45) is 0 Å². The molecule has 0 aromatic rings. The van der Waals surface area contributed by atoms with Crippen molar-refractivity contribution in [1.82, 2.24) is 0 Å². The lowest BCUT2D eigenvalue weighted by molar-refractivity contribution is 0.131. The molecule has 0 aliphatic heterocycles. The molecule has 1 atom stereocenters. The molecule has 10 heavy (non-hydrogen) atoms. The van der Waals surface area contributed by atoms with Crippen molar-refractivity contribution >= 4 is 7.82 Å². The van der Waals surface area contributed by atoms with Crippen molar-refractivity contribution in [2.45, 2.75) is 25.9 Å². The van der Waals surface area contributed by atoms with Crippen molar-refractivity contribution in [2.75, 3.05) is 0 Å². The first-order valence-electron chi connectivity index (χ1n) is 3.02. The molecule has 0 saturated carbocycles. The van der Waals surface area contributed by atoms with Crippen LogP contribution in [0.15, 0.2) is 0 Å². The van der Waals surface area contributed by atoms with Gasteiger partial charge in [0, 0.05) is 0 Å². The van der Waals surface area contributed by atoms with Crippen molar-refractivity contribution in [1.29, 1.82) is 0 Å². The quantitative estimate of drug-likeness (QED) is 0.615. The highest BCUT2D eigenvalue weighted by Gasteiger charge is 2.18. The second kappa shape index (κ2) is 4.09. The number of rotatable bonds is 4. The average molecular weight is 167 g/mol. The lowest BCUT2D eigenvalue weighted by Gasteiger charge is -2.13. The molecule has 0 heterocycles. The van der Waals surface area contributed by atoms with Crippen LogP contribution in [-0.2, 0) is 9.09 Å². The summed E-state index contributed by atoms with van der Waals surface area (Å²) in [5.41, 5.74) is 0. The van der Waals surface area contributed by atoms with E-state index in [-0.39, 0.29) is 0 Å². The first-order chi connectivity index (χ1) is 4.49. The predicted molar refractivity (Wildman–Crippen MR) is 37.2 cm³/mol. The third kappa shape index (κ3) is 4.94. The van der Waals surface area contributed by atoms with E-state index in [4.69, 9.17) is 9.79 Å². The van der Waals surface area contributed by atoms with Gasteiger partial charge in [-0.25, -0.2) is 4.57 Å². The second-order valence-corrected chi connectivity index (χ2v) is 3.11. The SMILES string of the molecule is [CH2]CC(CC)OP(=O)(O)O. The van der Waals surface area contributed by atoms with Gasteiger partial charge in [-0.1, -0.05) is 13.8 Å². The van der Waals surface area contributed by atoms with Gasteiger partial charge in [-0.05, 0) is 12.8 Å². The van der Waals surface area contributed by atoms with E-state index in [0.717, 1.165) is 0 Å². The monoisotopic (exact) mass is 167 g/mol. The average Bonchev–Trinajstić information content (AvgIpc) is 1.81. The van der Waals surface area contributed by atoms with E-state index in [1.165, 1.54) is 0 Å². The highest BCUT2D eigenvalue weighted by Crippen LogP contribution is 2.38. The summed E-state index contributed by atoms with van der Waals surface area (Å²) in [7, 11) is -4.29. The van der Waals surface area contributed by atoms with Gasteiger partial charge in [0.05, 0.1) is 6.10 Å². The molecule has 0 aromatic heterocycles. The van der Waals surface area contributed by atoms with Gasteiger partial charge in [-0.15, -0.1) is 0 Å². The summed E-state index contributed by atoms with van der Waals surface area (Å²) in [6.45, 7) is 5.26. The van der Waals surface area contributed by atoms with Crippen molar-refractivity contribution in [3.05, 3.63) is 6.92 Å². The Bertz CT molecular complexity index is 126. The summed E-state index contributed by atoms with van der Waals surface area (Å²) in [6.07, 6.45) is 0.511. The molecule has 1 radical (unpaired) electrons. The molecule has 0 aliphatic carbocycles. The maximum absolute atomic E-state index is 10.2. The molecule has 0 saturated heterocycles. The molecule has 5 heteroatoms. The third-order valence-electron chi connectivity index (χ3n) is 1.06. The minimum Gasteiger partial charge on any atom is -0.303 e. The maximum atomic E-state index is 10.2. The fourth-order valence-electron chi connectivity index (χ4n) is 0.526. The number of hydrogen-bond donors (Lipinski definition) is 2. The molecule has 0 aromatic carbocycles. The largest absolute Gasteiger partial charge is 0.469 e. The van der Waals surface area contributed by atoms with E-state index in [0.29, 0.717) is 12.8 Å². The van der Waals surface area contributed by atoms with Crippen LogP contribution in [-0.4, -0.2) is 15.9 Å². The van der Waals surface area contributed by atoms with Crippen molar-refractivity contribution in [3.63, 3.8) is 0 Å². The Balaban J connectivity index is 3.75. The van der Waals surface area contributed by atoms with Crippen LogP contribution < -0.4 is 0 Å². The Morgan fingerprint density at radius 2 is 2.20 bits per heavy atom. The third-order valence-corrected chi connectivity index (χ3v) is 1.64. The molecule has 4 nitrogen and oxygen atoms in total. The van der Waals surface area contributed by atoms with Gasteiger partial charge >= 0.3 is 7.82 Å². The number of hydrogen-bond acceptors (Lipinski definition) is 2. The van der Waals surface area contributed by atoms with E-state index in [1.54, 1.807) is 6.92 Å². The van der Waals surface area contributed by atoms with Crippen LogP contribution in [0, 0.1) is 6.92 Å². The molecule has 0 bridgehead atoms. The molecule has 61 valence electrons. The van der Waals surface area contributed by atoms with Crippen LogP contribution in [0.2, 0.25) is 0 Å². The van der Waals surface area contributed by atoms with Gasteiger partial charge in [-0.3, -0.25) is 4.52 Å². The van der Waals surface area contributed by atoms with Crippen LogP contribution in [0.25, 0.3) is 0 Å². The van der Waals surface area contributed by atoms with Crippen LogP contribution >= 0.6 is 7.82 Å². The standard InChI is InChI=1S/C5H12O4P/c1-3-5(4-2)9-10(6,7)8/h5H,1,3-4H2,2H3,(H2,6,7,8). The normalized spacial score (nSPS) is 12.5. The summed E-state index contributed by atoms with van der Waals surface area (Å²) in [6, 6.07) is 0. The summed E-state index contributed by atoms with van der Waals surface area (Å²) in [5.74, 6) is 0. The van der Waals surface area contributed by atoms with Crippen molar-refractivity contribution < 1.29 is 18.9 Å². The van der Waals surface area contributed by atoms with E-state index < -0.39 is 13.9 Å². The fourth-order valence-corrected chi connectivity index (χ4v) is 1.17. The lowest BCUT2D eigenvalue weighted by Crippen LogP contribution is -2.07. The molecule has 0 spiro atoms. The summed E-state index contributed by atoms with van der Waals surface area (Å²) in [5, 5.41) is 0. The van der Waals surface area contributed by atoms with E-state index in [1.807, 2.05) is 0 Å². The van der Waals surface area contributed by atoms with Crippen LogP contribution in [0.3, 0.4) is 0 Å². The molecule has 0 amide bonds. The molecular weight excluding hydrogens is 155 g/mol. The first kappa shape index (κ1) is 10.1. The Morgan fingerprint density at radius 1 is 1.70 bits per heavy atom. The zero-order valence-electron chi connectivity index (χ0n) is 5.86. The van der Waals surface area contributed by atoms with Crippen molar-refractivity contribution in [3.8, 4) is 0 Å². The van der Waals surface area contributed by atoms with Crippen LogP contribution in [0.5, 0.6) is 0 Å². The number of phosphoric acid groups is 1. The summed E-state index contributed by atoms with van der Waals surface area (Å²) in [4.78, 5) is 16.6. The second-order valence-electron chi connectivity index (χ2n) is 1.91. The smallest absolute Gasteiger partial charge is 0.303 e. The highest BCUT2D eigenvalue weighted by molar-refractivity contribution is 7.46. The molecule has 0 fully saturated rings. The minimum absolute atomic E-state index is 0.377. The van der Waals surface area contributed by atoms with Gasteiger partial charge in [-0.2, -0.15) is 0 Å². The van der Waals surface area contributed by atoms with E-state index in [9.17, 15) is 4.57 Å². The Morgan fingerprint density at radius 3 is 2.30 bits per heavy atom.